The zero-order chi connectivity index (χ0) is 21.1. The summed E-state index contributed by atoms with van der Waals surface area (Å²) < 4.78 is 0. The molecule has 0 aliphatic carbocycles. The fourth-order valence-electron chi connectivity index (χ4n) is 5.27. The molecule has 0 bridgehead atoms. The molecule has 3 aromatic rings. The largest absolute Gasteiger partial charge is 0.338 e. The summed E-state index contributed by atoms with van der Waals surface area (Å²) >= 11 is 0. The fourth-order valence-corrected chi connectivity index (χ4v) is 5.27. The average Bonchev–Trinajstić information content (AvgIpc) is 3.49. The number of aromatic amines is 1. The SMILES string of the molecule is O=C(c1ccc(-c2ccn[nH]2)cc1)N1CC[C@]2(CCCN(CCc3ccccc3)C2)C1. The molecule has 1 spiro atoms. The summed E-state index contributed by atoms with van der Waals surface area (Å²) in [5.41, 5.74) is 4.46. The van der Waals surface area contributed by atoms with Gasteiger partial charge in [0, 0.05) is 43.4 Å². The standard InChI is InChI=1S/C26H30N4O/c31-25(23-9-7-22(8-10-23)24-11-15-27-28-24)30-18-14-26(20-30)13-4-16-29(19-26)17-12-21-5-2-1-3-6-21/h1-3,5-11,15H,4,12-14,16-20H2,(H,27,28)/t26-/m0/s1. The molecule has 1 N–H and O–H groups in total. The van der Waals surface area contributed by atoms with Crippen molar-refractivity contribution in [3.05, 3.63) is 78.0 Å². The minimum atomic E-state index is 0.162. The van der Waals surface area contributed by atoms with E-state index in [4.69, 9.17) is 0 Å². The Balaban J connectivity index is 1.20. The highest BCUT2D eigenvalue weighted by Crippen LogP contribution is 2.39. The molecule has 1 atom stereocenters. The fraction of sp³-hybridized carbons (Fsp3) is 0.385. The predicted molar refractivity (Wildman–Crippen MR) is 123 cm³/mol. The maximum absolute atomic E-state index is 13.2. The van der Waals surface area contributed by atoms with Gasteiger partial charge in [0.25, 0.3) is 5.91 Å². The summed E-state index contributed by atoms with van der Waals surface area (Å²) in [5, 5.41) is 6.97. The third-order valence-electron chi connectivity index (χ3n) is 6.97. The first-order valence-electron chi connectivity index (χ1n) is 11.4. The summed E-state index contributed by atoms with van der Waals surface area (Å²) in [6.45, 7) is 5.15. The van der Waals surface area contributed by atoms with E-state index in [1.807, 2.05) is 30.3 Å². The van der Waals surface area contributed by atoms with Gasteiger partial charge in [0.15, 0.2) is 0 Å². The van der Waals surface area contributed by atoms with Crippen molar-refractivity contribution >= 4 is 5.91 Å². The highest BCUT2D eigenvalue weighted by molar-refractivity contribution is 5.94. The van der Waals surface area contributed by atoms with Gasteiger partial charge in [-0.3, -0.25) is 9.89 Å². The van der Waals surface area contributed by atoms with Crippen LogP contribution in [0, 0.1) is 5.41 Å². The van der Waals surface area contributed by atoms with Crippen LogP contribution in [0.4, 0.5) is 0 Å². The van der Waals surface area contributed by atoms with Crippen LogP contribution < -0.4 is 0 Å². The molecule has 2 saturated heterocycles. The zero-order valence-corrected chi connectivity index (χ0v) is 18.0. The number of benzene rings is 2. The van der Waals surface area contributed by atoms with Crippen LogP contribution in [0.2, 0.25) is 0 Å². The van der Waals surface area contributed by atoms with E-state index in [0.29, 0.717) is 0 Å². The molecule has 2 fully saturated rings. The molecular formula is C26H30N4O. The molecule has 0 unspecified atom stereocenters. The lowest BCUT2D eigenvalue weighted by Crippen LogP contribution is -2.46. The molecule has 3 heterocycles. The van der Waals surface area contributed by atoms with Gasteiger partial charge < -0.3 is 9.80 Å². The molecule has 5 rings (SSSR count). The maximum Gasteiger partial charge on any atom is 0.253 e. The number of nitrogens with zero attached hydrogens (tertiary/aromatic N) is 3. The van der Waals surface area contributed by atoms with E-state index in [0.717, 1.165) is 55.8 Å². The molecular weight excluding hydrogens is 384 g/mol. The molecule has 5 heteroatoms. The van der Waals surface area contributed by atoms with Gasteiger partial charge in [-0.2, -0.15) is 5.10 Å². The van der Waals surface area contributed by atoms with Crippen molar-refractivity contribution in [1.29, 1.82) is 0 Å². The van der Waals surface area contributed by atoms with Gasteiger partial charge in [-0.25, -0.2) is 0 Å². The molecule has 0 saturated carbocycles. The third-order valence-corrected chi connectivity index (χ3v) is 6.97. The van der Waals surface area contributed by atoms with Crippen LogP contribution in [-0.4, -0.2) is 58.6 Å². The van der Waals surface area contributed by atoms with Gasteiger partial charge in [0.05, 0.1) is 5.69 Å². The van der Waals surface area contributed by atoms with Gasteiger partial charge in [-0.15, -0.1) is 0 Å². The Bertz CT molecular complexity index is 1000. The average molecular weight is 415 g/mol. The Hall–Kier alpha value is -2.92. The highest BCUT2D eigenvalue weighted by atomic mass is 16.2. The topological polar surface area (TPSA) is 52.2 Å². The molecule has 31 heavy (non-hydrogen) atoms. The predicted octanol–water partition coefficient (Wildman–Crippen LogP) is 4.25. The number of hydrogen-bond donors (Lipinski definition) is 1. The number of amides is 1. The monoisotopic (exact) mass is 414 g/mol. The van der Waals surface area contributed by atoms with Crippen LogP contribution in [0.3, 0.4) is 0 Å². The van der Waals surface area contributed by atoms with Crippen molar-refractivity contribution in [2.75, 3.05) is 32.7 Å². The van der Waals surface area contributed by atoms with Crippen LogP contribution >= 0.6 is 0 Å². The van der Waals surface area contributed by atoms with E-state index in [1.165, 1.54) is 24.9 Å². The maximum atomic E-state index is 13.2. The van der Waals surface area contributed by atoms with Crippen LogP contribution in [0.5, 0.6) is 0 Å². The summed E-state index contributed by atoms with van der Waals surface area (Å²) in [7, 11) is 0. The number of rotatable bonds is 5. The second-order valence-electron chi connectivity index (χ2n) is 9.14. The molecule has 0 radical (unpaired) electrons. The smallest absolute Gasteiger partial charge is 0.253 e. The van der Waals surface area contributed by atoms with Crippen molar-refractivity contribution < 1.29 is 4.79 Å². The van der Waals surface area contributed by atoms with Gasteiger partial charge in [-0.1, -0.05) is 42.5 Å². The summed E-state index contributed by atoms with van der Waals surface area (Å²) in [6, 6.07) is 20.6. The Kier molecular flexibility index (Phi) is 5.60. The summed E-state index contributed by atoms with van der Waals surface area (Å²) in [6.07, 6.45) is 6.42. The molecule has 5 nitrogen and oxygen atoms in total. The van der Waals surface area contributed by atoms with Crippen molar-refractivity contribution in [3.63, 3.8) is 0 Å². The summed E-state index contributed by atoms with van der Waals surface area (Å²) in [5.74, 6) is 0.162. The van der Waals surface area contributed by atoms with Crippen LogP contribution in [0.15, 0.2) is 66.9 Å². The van der Waals surface area contributed by atoms with Gasteiger partial charge in [0.2, 0.25) is 0 Å². The lowest BCUT2D eigenvalue weighted by atomic mass is 9.79. The first-order valence-corrected chi connectivity index (χ1v) is 11.4. The Morgan fingerprint density at radius 3 is 2.58 bits per heavy atom. The van der Waals surface area contributed by atoms with Crippen molar-refractivity contribution in [2.45, 2.75) is 25.7 Å². The number of aromatic nitrogens is 2. The Labute approximate surface area is 184 Å². The van der Waals surface area contributed by atoms with Crippen molar-refractivity contribution in [1.82, 2.24) is 20.0 Å². The Morgan fingerprint density at radius 1 is 0.968 bits per heavy atom. The number of likely N-dealkylation sites (tertiary alicyclic amines) is 2. The quantitative estimate of drug-likeness (QED) is 0.679. The molecule has 2 aliphatic heterocycles. The number of carbonyl (C=O) groups is 1. The molecule has 1 aromatic heterocycles. The van der Waals surface area contributed by atoms with E-state index in [9.17, 15) is 4.79 Å². The second-order valence-corrected chi connectivity index (χ2v) is 9.14. The summed E-state index contributed by atoms with van der Waals surface area (Å²) in [4.78, 5) is 17.8. The number of hydrogen-bond acceptors (Lipinski definition) is 3. The van der Waals surface area contributed by atoms with Crippen LogP contribution in [0.25, 0.3) is 11.3 Å². The van der Waals surface area contributed by atoms with Crippen molar-refractivity contribution in [2.24, 2.45) is 5.41 Å². The highest BCUT2D eigenvalue weighted by Gasteiger charge is 2.42. The first kappa shape index (κ1) is 20.0. The van der Waals surface area contributed by atoms with E-state index in [-0.39, 0.29) is 11.3 Å². The molecule has 2 aliphatic rings. The van der Waals surface area contributed by atoms with Crippen LogP contribution in [0.1, 0.15) is 35.2 Å². The van der Waals surface area contributed by atoms with Gasteiger partial charge in [-0.05, 0) is 61.6 Å². The van der Waals surface area contributed by atoms with E-state index in [2.05, 4.69) is 50.3 Å². The number of H-pyrrole nitrogens is 1. The van der Waals surface area contributed by atoms with Crippen molar-refractivity contribution in [3.8, 4) is 11.3 Å². The van der Waals surface area contributed by atoms with E-state index in [1.54, 1.807) is 6.20 Å². The third kappa shape index (κ3) is 4.42. The van der Waals surface area contributed by atoms with Gasteiger partial charge >= 0.3 is 0 Å². The Morgan fingerprint density at radius 2 is 1.81 bits per heavy atom. The van der Waals surface area contributed by atoms with E-state index < -0.39 is 0 Å². The number of carbonyl (C=O) groups excluding carboxylic acids is 1. The minimum absolute atomic E-state index is 0.162. The van der Waals surface area contributed by atoms with Crippen LogP contribution in [-0.2, 0) is 6.42 Å². The first-order chi connectivity index (χ1) is 15.2. The lowest BCUT2D eigenvalue weighted by Gasteiger charge is -2.40. The molecule has 1 amide bonds. The molecule has 160 valence electrons. The number of nitrogens with one attached hydrogen (secondary N) is 1. The second kappa shape index (κ2) is 8.67. The van der Waals surface area contributed by atoms with E-state index >= 15 is 0 Å². The minimum Gasteiger partial charge on any atom is -0.338 e. The zero-order valence-electron chi connectivity index (χ0n) is 18.0. The van der Waals surface area contributed by atoms with Gasteiger partial charge in [0.1, 0.15) is 0 Å². The number of piperidine rings is 1. The normalized spacial score (nSPS) is 21.6. The molecule has 2 aromatic carbocycles. The lowest BCUT2D eigenvalue weighted by molar-refractivity contribution is 0.0692.